The summed E-state index contributed by atoms with van der Waals surface area (Å²) < 4.78 is 1.01. The Balaban J connectivity index is 2.42. The summed E-state index contributed by atoms with van der Waals surface area (Å²) in [5, 5.41) is 12.9. The molecule has 1 amide bonds. The third kappa shape index (κ3) is 2.83. The fourth-order valence-electron chi connectivity index (χ4n) is 1.97. The van der Waals surface area contributed by atoms with Gasteiger partial charge in [-0.25, -0.2) is 9.36 Å². The van der Waals surface area contributed by atoms with E-state index in [9.17, 15) is 19.6 Å². The predicted molar refractivity (Wildman–Crippen MR) is 75.2 cm³/mol. The molecule has 110 valence electrons. The Hall–Kier alpha value is -2.90. The van der Waals surface area contributed by atoms with Gasteiger partial charge in [0.25, 0.3) is 0 Å². The molecule has 1 unspecified atom stereocenters. The van der Waals surface area contributed by atoms with Gasteiger partial charge in [0.1, 0.15) is 6.04 Å². The summed E-state index contributed by atoms with van der Waals surface area (Å²) in [7, 11) is 0. The number of nitrogens with zero attached hydrogens (tertiary/aromatic N) is 2. The summed E-state index contributed by atoms with van der Waals surface area (Å²) in [6.07, 6.45) is -0.266. The molecule has 2 rings (SSSR count). The summed E-state index contributed by atoms with van der Waals surface area (Å²) in [6, 6.07) is 5.91. The van der Waals surface area contributed by atoms with Gasteiger partial charge < -0.3 is 15.8 Å². The molecule has 2 aromatic rings. The number of aromatic nitrogens is 2. The van der Waals surface area contributed by atoms with Crippen molar-refractivity contribution in [3.05, 3.63) is 50.9 Å². The number of carbonyl (C=O) groups excluding carboxylic acids is 1. The Kier molecular flexibility index (Phi) is 3.88. The van der Waals surface area contributed by atoms with Crippen LogP contribution in [0.3, 0.4) is 0 Å². The van der Waals surface area contributed by atoms with Gasteiger partial charge in [-0.15, -0.1) is 0 Å². The largest absolute Gasteiger partial charge is 0.493 e. The van der Waals surface area contributed by atoms with Gasteiger partial charge in [0.05, 0.1) is 17.8 Å². The van der Waals surface area contributed by atoms with Gasteiger partial charge in [0, 0.05) is 0 Å². The van der Waals surface area contributed by atoms with Crippen molar-refractivity contribution in [2.45, 2.75) is 19.4 Å². The maximum absolute atomic E-state index is 11.8. The third-order valence-electron chi connectivity index (χ3n) is 3.09. The van der Waals surface area contributed by atoms with Crippen molar-refractivity contribution < 1.29 is 9.90 Å². The average molecular weight is 290 g/mol. The Morgan fingerprint density at radius 2 is 2.05 bits per heavy atom. The number of amides is 1. The zero-order valence-electron chi connectivity index (χ0n) is 11.2. The van der Waals surface area contributed by atoms with E-state index in [1.807, 2.05) is 0 Å². The first-order valence-corrected chi connectivity index (χ1v) is 6.18. The number of primary amides is 1. The van der Waals surface area contributed by atoms with Gasteiger partial charge in [-0.3, -0.25) is 4.79 Å². The van der Waals surface area contributed by atoms with Crippen LogP contribution in [0.2, 0.25) is 0 Å². The predicted octanol–water partition coefficient (Wildman–Crippen LogP) is 0.726. The first-order chi connectivity index (χ1) is 9.93. The van der Waals surface area contributed by atoms with Crippen molar-refractivity contribution in [3.8, 4) is 11.6 Å². The SMILES string of the molecule is CC(N=O)c1ccc(-n2c(O)c(CC(N)=O)[nH]c2=O)cc1. The molecule has 0 saturated carbocycles. The van der Waals surface area contributed by atoms with Crippen LogP contribution in [0.25, 0.3) is 5.69 Å². The van der Waals surface area contributed by atoms with Crippen LogP contribution in [-0.2, 0) is 11.2 Å². The van der Waals surface area contributed by atoms with E-state index >= 15 is 0 Å². The second kappa shape index (κ2) is 5.61. The Morgan fingerprint density at radius 1 is 1.43 bits per heavy atom. The van der Waals surface area contributed by atoms with Crippen LogP contribution in [0.15, 0.2) is 34.2 Å². The second-order valence-electron chi connectivity index (χ2n) is 4.58. The lowest BCUT2D eigenvalue weighted by Gasteiger charge is -2.06. The number of carbonyl (C=O) groups is 1. The number of nitroso groups, excluding NO2 is 1. The number of hydrogen-bond donors (Lipinski definition) is 3. The van der Waals surface area contributed by atoms with Crippen LogP contribution in [-0.4, -0.2) is 20.6 Å². The molecule has 0 spiro atoms. The molecule has 0 saturated heterocycles. The molecule has 0 aliphatic heterocycles. The number of nitrogens with two attached hydrogens (primary N) is 1. The molecule has 8 heteroatoms. The molecule has 21 heavy (non-hydrogen) atoms. The van der Waals surface area contributed by atoms with Gasteiger partial charge in [-0.1, -0.05) is 17.3 Å². The topological polar surface area (TPSA) is 131 Å². The molecule has 1 atom stereocenters. The molecule has 0 aliphatic rings. The van der Waals surface area contributed by atoms with Crippen molar-refractivity contribution in [1.82, 2.24) is 9.55 Å². The molecule has 0 bridgehead atoms. The quantitative estimate of drug-likeness (QED) is 0.700. The Labute approximate surface area is 119 Å². The number of imidazole rings is 1. The van der Waals surface area contributed by atoms with Gasteiger partial charge in [0.2, 0.25) is 11.8 Å². The van der Waals surface area contributed by atoms with Crippen LogP contribution in [0.1, 0.15) is 24.2 Å². The minimum Gasteiger partial charge on any atom is -0.493 e. The number of H-pyrrole nitrogens is 1. The van der Waals surface area contributed by atoms with Crippen molar-refractivity contribution >= 4 is 5.91 Å². The van der Waals surface area contributed by atoms with E-state index in [1.165, 1.54) is 0 Å². The van der Waals surface area contributed by atoms with E-state index in [0.717, 1.165) is 4.57 Å². The van der Waals surface area contributed by atoms with E-state index in [4.69, 9.17) is 5.73 Å². The number of aromatic amines is 1. The summed E-state index contributed by atoms with van der Waals surface area (Å²) >= 11 is 0. The van der Waals surface area contributed by atoms with Crippen LogP contribution in [0.5, 0.6) is 5.88 Å². The fraction of sp³-hybridized carbons (Fsp3) is 0.231. The first-order valence-electron chi connectivity index (χ1n) is 6.18. The molecule has 8 nitrogen and oxygen atoms in total. The minimum absolute atomic E-state index is 0.0551. The van der Waals surface area contributed by atoms with Crippen molar-refractivity contribution in [3.63, 3.8) is 0 Å². The van der Waals surface area contributed by atoms with Gasteiger partial charge in [0.15, 0.2) is 0 Å². The molecule has 0 aliphatic carbocycles. The number of benzene rings is 1. The molecule has 0 radical (unpaired) electrons. The van der Waals surface area contributed by atoms with Crippen molar-refractivity contribution in [2.75, 3.05) is 0 Å². The highest BCUT2D eigenvalue weighted by Crippen LogP contribution is 2.21. The normalized spacial score (nSPS) is 12.0. The number of aromatic hydroxyl groups is 1. The Morgan fingerprint density at radius 3 is 2.57 bits per heavy atom. The summed E-state index contributed by atoms with van der Waals surface area (Å²) in [6.45, 7) is 1.65. The lowest BCUT2D eigenvalue weighted by Crippen LogP contribution is -2.15. The first kappa shape index (κ1) is 14.5. The summed E-state index contributed by atoms with van der Waals surface area (Å²) in [5.74, 6) is -1.03. The van der Waals surface area contributed by atoms with Crippen molar-refractivity contribution in [2.24, 2.45) is 10.9 Å². The zero-order valence-corrected chi connectivity index (χ0v) is 11.2. The summed E-state index contributed by atoms with van der Waals surface area (Å²) in [5.41, 5.74) is 5.59. The van der Waals surface area contributed by atoms with Crippen LogP contribution in [0, 0.1) is 4.91 Å². The average Bonchev–Trinajstić information content (AvgIpc) is 2.72. The molecule has 4 N–H and O–H groups in total. The van der Waals surface area contributed by atoms with Crippen LogP contribution < -0.4 is 11.4 Å². The smallest absolute Gasteiger partial charge is 0.333 e. The highest BCUT2D eigenvalue weighted by Gasteiger charge is 2.16. The summed E-state index contributed by atoms with van der Waals surface area (Å²) in [4.78, 5) is 35.6. The number of rotatable bonds is 5. The maximum atomic E-state index is 11.8. The lowest BCUT2D eigenvalue weighted by atomic mass is 10.1. The molecular formula is C13H14N4O4. The Bertz CT molecular complexity index is 730. The second-order valence-corrected chi connectivity index (χ2v) is 4.58. The van der Waals surface area contributed by atoms with E-state index < -0.39 is 17.6 Å². The van der Waals surface area contributed by atoms with Gasteiger partial charge >= 0.3 is 5.69 Å². The fourth-order valence-corrected chi connectivity index (χ4v) is 1.97. The molecule has 1 heterocycles. The zero-order chi connectivity index (χ0) is 15.6. The highest BCUT2D eigenvalue weighted by molar-refractivity contribution is 5.76. The third-order valence-corrected chi connectivity index (χ3v) is 3.09. The minimum atomic E-state index is -0.667. The number of hydrogen-bond acceptors (Lipinski definition) is 5. The molecule has 1 aromatic heterocycles. The van der Waals surface area contributed by atoms with E-state index in [2.05, 4.69) is 10.2 Å². The maximum Gasteiger partial charge on any atom is 0.333 e. The molecule has 0 fully saturated rings. The van der Waals surface area contributed by atoms with Crippen LogP contribution in [0.4, 0.5) is 0 Å². The number of nitrogens with one attached hydrogen (secondary N) is 1. The van der Waals surface area contributed by atoms with E-state index in [0.29, 0.717) is 11.3 Å². The van der Waals surface area contributed by atoms with Crippen LogP contribution >= 0.6 is 0 Å². The molecule has 1 aromatic carbocycles. The standard InChI is InChI=1S/C13H14N4O4/c1-7(16-21)8-2-4-9(5-3-8)17-12(19)10(6-11(14)18)15-13(17)20/h2-5,7,19H,6H2,1H3,(H2,14,18)(H,15,20). The van der Waals surface area contributed by atoms with Crippen molar-refractivity contribution in [1.29, 1.82) is 0 Å². The molecular weight excluding hydrogens is 276 g/mol. The van der Waals surface area contributed by atoms with E-state index in [-0.39, 0.29) is 18.0 Å². The van der Waals surface area contributed by atoms with Gasteiger partial charge in [-0.05, 0) is 24.6 Å². The monoisotopic (exact) mass is 290 g/mol. The van der Waals surface area contributed by atoms with Gasteiger partial charge in [-0.2, -0.15) is 4.91 Å². The lowest BCUT2D eigenvalue weighted by molar-refractivity contribution is -0.117. The highest BCUT2D eigenvalue weighted by atomic mass is 16.3. The van der Waals surface area contributed by atoms with E-state index in [1.54, 1.807) is 31.2 Å².